The number of carbonyl (C=O) groups excluding carboxylic acids is 1. The molecule has 2 atom stereocenters. The summed E-state index contributed by atoms with van der Waals surface area (Å²) >= 11 is 0. The van der Waals surface area contributed by atoms with E-state index in [1.807, 2.05) is 0 Å². The van der Waals surface area contributed by atoms with E-state index < -0.39 is 24.2 Å². The van der Waals surface area contributed by atoms with E-state index in [9.17, 15) is 19.1 Å². The molecule has 0 unspecified atom stereocenters. The van der Waals surface area contributed by atoms with E-state index in [1.165, 1.54) is 31.5 Å². The second kappa shape index (κ2) is 8.75. The highest BCUT2D eigenvalue weighted by Gasteiger charge is 2.43. The van der Waals surface area contributed by atoms with E-state index in [4.69, 9.17) is 4.74 Å². The molecule has 2 saturated heterocycles. The lowest BCUT2D eigenvalue weighted by molar-refractivity contribution is -0.135. The van der Waals surface area contributed by atoms with Gasteiger partial charge in [0, 0.05) is 56.5 Å². The van der Waals surface area contributed by atoms with E-state index in [0.29, 0.717) is 30.4 Å². The number of rotatable bonds is 4. The number of nitrogens with zero attached hydrogens (tertiary/aromatic N) is 4. The number of pyridine rings is 1. The van der Waals surface area contributed by atoms with Gasteiger partial charge in [0.1, 0.15) is 17.9 Å². The Morgan fingerprint density at radius 3 is 2.70 bits per heavy atom. The van der Waals surface area contributed by atoms with Gasteiger partial charge in [-0.05, 0) is 26.2 Å². The second-order valence-electron chi connectivity index (χ2n) is 8.50. The van der Waals surface area contributed by atoms with Gasteiger partial charge >= 0.3 is 6.09 Å². The van der Waals surface area contributed by atoms with Gasteiger partial charge in [-0.25, -0.2) is 9.78 Å². The molecule has 164 valence electrons. The first-order valence-corrected chi connectivity index (χ1v) is 10.7. The predicted molar refractivity (Wildman–Crippen MR) is 107 cm³/mol. The van der Waals surface area contributed by atoms with Crippen molar-refractivity contribution in [1.29, 1.82) is 0 Å². The normalized spacial score (nSPS) is 25.7. The summed E-state index contributed by atoms with van der Waals surface area (Å²) in [6.07, 6.45) is 4.64. The minimum atomic E-state index is -1.14. The largest absolute Gasteiger partial charge is 0.488 e. The number of likely N-dealkylation sites (tertiary alicyclic amines) is 1. The molecule has 2 aliphatic heterocycles. The number of aryl methyl sites for hydroxylation is 1. The van der Waals surface area contributed by atoms with Crippen molar-refractivity contribution in [2.75, 3.05) is 32.7 Å². The Bertz CT molecular complexity index is 803. The second-order valence-corrected chi connectivity index (χ2v) is 8.50. The summed E-state index contributed by atoms with van der Waals surface area (Å²) in [6.45, 7) is 4.92. The van der Waals surface area contributed by atoms with Crippen LogP contribution in [0.5, 0.6) is 5.75 Å². The summed E-state index contributed by atoms with van der Waals surface area (Å²) in [5.41, 5.74) is 0.664. The number of amides is 2. The van der Waals surface area contributed by atoms with Gasteiger partial charge in [0.05, 0.1) is 6.54 Å². The molecule has 1 N–H and O–H groups in total. The fourth-order valence-electron chi connectivity index (χ4n) is 4.60. The van der Waals surface area contributed by atoms with Gasteiger partial charge in [-0.2, -0.15) is 4.39 Å². The van der Waals surface area contributed by atoms with Crippen LogP contribution in [0.4, 0.5) is 9.18 Å². The van der Waals surface area contributed by atoms with E-state index in [0.717, 1.165) is 24.4 Å². The number of carbonyl (C=O) groups is 2. The van der Waals surface area contributed by atoms with E-state index in [1.54, 1.807) is 11.8 Å². The topological polar surface area (TPSA) is 86.2 Å². The third-order valence-electron chi connectivity index (χ3n) is 6.54. The summed E-state index contributed by atoms with van der Waals surface area (Å²) in [6, 6.07) is 1.07. The SMILES string of the molecule is Cc1cnc(F)cc1O[C@@H]1C[C@@H](C(=O)N2CCCN(C3CCC3)CC2)N(C(=O)O)C1. The molecule has 0 bridgehead atoms. The van der Waals surface area contributed by atoms with Crippen LogP contribution in [0.1, 0.15) is 37.7 Å². The van der Waals surface area contributed by atoms with Gasteiger partial charge in [-0.1, -0.05) is 6.42 Å². The van der Waals surface area contributed by atoms with Gasteiger partial charge in [0.15, 0.2) is 0 Å². The zero-order chi connectivity index (χ0) is 21.3. The molecule has 4 rings (SSSR count). The molecule has 1 saturated carbocycles. The van der Waals surface area contributed by atoms with E-state index in [-0.39, 0.29) is 18.9 Å². The molecule has 2 amide bonds. The maximum absolute atomic E-state index is 13.5. The first kappa shape index (κ1) is 20.8. The Balaban J connectivity index is 1.41. The third-order valence-corrected chi connectivity index (χ3v) is 6.54. The molecular weight excluding hydrogens is 391 g/mol. The van der Waals surface area contributed by atoms with Crippen LogP contribution in [0.2, 0.25) is 0 Å². The first-order chi connectivity index (χ1) is 14.4. The number of carboxylic acid groups (broad SMARTS) is 1. The smallest absolute Gasteiger partial charge is 0.408 e. The zero-order valence-corrected chi connectivity index (χ0v) is 17.3. The number of aromatic nitrogens is 1. The monoisotopic (exact) mass is 420 g/mol. The highest BCUT2D eigenvalue weighted by atomic mass is 19.1. The average molecular weight is 420 g/mol. The Hall–Kier alpha value is -2.42. The molecule has 8 nitrogen and oxygen atoms in total. The van der Waals surface area contributed by atoms with Crippen LogP contribution >= 0.6 is 0 Å². The Kier molecular flexibility index (Phi) is 6.08. The van der Waals surface area contributed by atoms with Crippen molar-refractivity contribution in [3.8, 4) is 5.75 Å². The Labute approximate surface area is 175 Å². The maximum Gasteiger partial charge on any atom is 0.408 e. The van der Waals surface area contributed by atoms with Gasteiger partial charge in [0.25, 0.3) is 0 Å². The van der Waals surface area contributed by atoms with E-state index in [2.05, 4.69) is 9.88 Å². The molecule has 3 aliphatic rings. The molecule has 1 aliphatic carbocycles. The lowest BCUT2D eigenvalue weighted by atomic mass is 9.91. The summed E-state index contributed by atoms with van der Waals surface area (Å²) in [4.78, 5) is 34.0. The highest BCUT2D eigenvalue weighted by Crippen LogP contribution is 2.28. The van der Waals surface area contributed by atoms with Crippen LogP contribution in [0.15, 0.2) is 12.3 Å². The molecule has 0 aromatic carbocycles. The fourth-order valence-corrected chi connectivity index (χ4v) is 4.60. The van der Waals surface area contributed by atoms with Crippen LogP contribution in [-0.4, -0.2) is 87.7 Å². The number of hydrogen-bond acceptors (Lipinski definition) is 5. The van der Waals surface area contributed by atoms with Gasteiger partial charge < -0.3 is 14.7 Å². The van der Waals surface area contributed by atoms with Crippen molar-refractivity contribution in [2.24, 2.45) is 0 Å². The van der Waals surface area contributed by atoms with Crippen LogP contribution in [0.25, 0.3) is 0 Å². The molecular formula is C21H29FN4O4. The Morgan fingerprint density at radius 2 is 2.00 bits per heavy atom. The van der Waals surface area contributed by atoms with Crippen molar-refractivity contribution in [1.82, 2.24) is 19.7 Å². The third kappa shape index (κ3) is 4.35. The fraction of sp³-hybridized carbons (Fsp3) is 0.667. The minimum Gasteiger partial charge on any atom is -0.488 e. The molecule has 3 fully saturated rings. The average Bonchev–Trinajstić information content (AvgIpc) is 2.94. The Morgan fingerprint density at radius 1 is 1.20 bits per heavy atom. The van der Waals surface area contributed by atoms with Gasteiger partial charge in [-0.15, -0.1) is 0 Å². The number of halogens is 1. The summed E-state index contributed by atoms with van der Waals surface area (Å²) < 4.78 is 19.3. The standard InChI is InChI=1S/C21H29FN4O4/c1-14-12-23-19(22)11-18(14)30-16-10-17(26(13-16)21(28)29)20(27)25-7-3-6-24(8-9-25)15-4-2-5-15/h11-12,15-17H,2-10,13H2,1H3,(H,28,29)/t16-,17+/m1/s1. The van der Waals surface area contributed by atoms with Crippen molar-refractivity contribution in [3.63, 3.8) is 0 Å². The van der Waals surface area contributed by atoms with Crippen molar-refractivity contribution in [2.45, 2.75) is 57.2 Å². The zero-order valence-electron chi connectivity index (χ0n) is 17.3. The molecule has 9 heteroatoms. The summed E-state index contributed by atoms with van der Waals surface area (Å²) in [5.74, 6) is -0.481. The van der Waals surface area contributed by atoms with Crippen molar-refractivity contribution < 1.29 is 23.8 Å². The van der Waals surface area contributed by atoms with Gasteiger partial charge in [-0.3, -0.25) is 14.6 Å². The van der Waals surface area contributed by atoms with Crippen LogP contribution < -0.4 is 4.74 Å². The number of hydrogen-bond donors (Lipinski definition) is 1. The lowest BCUT2D eigenvalue weighted by Gasteiger charge is -2.36. The molecule has 1 aromatic rings. The lowest BCUT2D eigenvalue weighted by Crippen LogP contribution is -2.49. The van der Waals surface area contributed by atoms with Crippen LogP contribution in [-0.2, 0) is 4.79 Å². The molecule has 0 radical (unpaired) electrons. The van der Waals surface area contributed by atoms with E-state index >= 15 is 0 Å². The summed E-state index contributed by atoms with van der Waals surface area (Å²) in [5, 5.41) is 9.64. The van der Waals surface area contributed by atoms with Crippen molar-refractivity contribution in [3.05, 3.63) is 23.8 Å². The molecule has 0 spiro atoms. The van der Waals surface area contributed by atoms with Crippen LogP contribution in [0, 0.1) is 12.9 Å². The quantitative estimate of drug-likeness (QED) is 0.751. The predicted octanol–water partition coefficient (Wildman–Crippen LogP) is 2.12. The molecule has 1 aromatic heterocycles. The maximum atomic E-state index is 13.5. The molecule has 30 heavy (non-hydrogen) atoms. The minimum absolute atomic E-state index is 0.0805. The number of ether oxygens (including phenoxy) is 1. The first-order valence-electron chi connectivity index (χ1n) is 10.7. The van der Waals surface area contributed by atoms with Crippen molar-refractivity contribution >= 4 is 12.0 Å². The molecule has 3 heterocycles. The van der Waals surface area contributed by atoms with Crippen LogP contribution in [0.3, 0.4) is 0 Å². The summed E-state index contributed by atoms with van der Waals surface area (Å²) in [7, 11) is 0. The highest BCUT2D eigenvalue weighted by molar-refractivity contribution is 5.86. The van der Waals surface area contributed by atoms with Gasteiger partial charge in [0.2, 0.25) is 11.9 Å².